The summed E-state index contributed by atoms with van der Waals surface area (Å²) in [5, 5.41) is 15.0. The highest BCUT2D eigenvalue weighted by molar-refractivity contribution is 7.93. The van der Waals surface area contributed by atoms with Gasteiger partial charge in [0.15, 0.2) is 0 Å². The molecule has 2 aromatic carbocycles. The van der Waals surface area contributed by atoms with Gasteiger partial charge < -0.3 is 15.7 Å². The number of rotatable bonds is 5. The number of aryl methyl sites for hydroxylation is 2. The molecule has 2 aromatic rings. The van der Waals surface area contributed by atoms with E-state index in [0.717, 1.165) is 11.1 Å². The lowest BCUT2D eigenvalue weighted by molar-refractivity contribution is -0.115. The minimum absolute atomic E-state index is 0.0695. The van der Waals surface area contributed by atoms with E-state index < -0.39 is 15.9 Å². The zero-order valence-corrected chi connectivity index (χ0v) is 17.0. The Morgan fingerprint density at radius 2 is 1.86 bits per heavy atom. The highest BCUT2D eigenvalue weighted by atomic mass is 32.2. The van der Waals surface area contributed by atoms with Crippen molar-refractivity contribution >= 4 is 33.2 Å². The summed E-state index contributed by atoms with van der Waals surface area (Å²) >= 11 is 0. The van der Waals surface area contributed by atoms with Gasteiger partial charge in [-0.25, -0.2) is 8.42 Å². The highest BCUT2D eigenvalue weighted by Gasteiger charge is 2.28. The Morgan fingerprint density at radius 1 is 1.10 bits per heavy atom. The van der Waals surface area contributed by atoms with Crippen LogP contribution in [0.15, 0.2) is 36.4 Å². The number of nitrogens with zero attached hydrogens (tertiary/aromatic N) is 1. The number of phenols is 1. The first kappa shape index (κ1) is 20.7. The predicted molar refractivity (Wildman–Crippen MR) is 111 cm³/mol. The smallest absolute Gasteiger partial charge is 0.251 e. The van der Waals surface area contributed by atoms with E-state index in [1.807, 2.05) is 19.9 Å². The molecule has 154 valence electrons. The molecule has 3 rings (SSSR count). The average Bonchev–Trinajstić information content (AvgIpc) is 3.03. The van der Waals surface area contributed by atoms with E-state index >= 15 is 0 Å². The number of hydrogen-bond acceptors (Lipinski definition) is 5. The predicted octanol–water partition coefficient (Wildman–Crippen LogP) is 1.92. The summed E-state index contributed by atoms with van der Waals surface area (Å²) in [4.78, 5) is 24.4. The fraction of sp³-hybridized carbons (Fsp3) is 0.300. The summed E-state index contributed by atoms with van der Waals surface area (Å²) in [5.74, 6) is -1.05. The number of anilines is 2. The normalized spacial score (nSPS) is 15.2. The summed E-state index contributed by atoms with van der Waals surface area (Å²) in [5.41, 5.74) is 2.94. The van der Waals surface area contributed by atoms with Gasteiger partial charge in [-0.3, -0.25) is 13.9 Å². The van der Waals surface area contributed by atoms with E-state index in [1.165, 1.54) is 22.5 Å². The van der Waals surface area contributed by atoms with Crippen molar-refractivity contribution in [1.82, 2.24) is 5.32 Å². The largest absolute Gasteiger partial charge is 0.506 e. The van der Waals surface area contributed by atoms with Crippen LogP contribution in [0.1, 0.15) is 27.9 Å². The van der Waals surface area contributed by atoms with Crippen molar-refractivity contribution in [2.75, 3.05) is 28.5 Å². The van der Waals surface area contributed by atoms with E-state index in [0.29, 0.717) is 24.2 Å². The van der Waals surface area contributed by atoms with Crippen LogP contribution in [0.25, 0.3) is 0 Å². The number of aromatic hydroxyl groups is 1. The maximum absolute atomic E-state index is 12.2. The molecule has 1 aliphatic rings. The SMILES string of the molecule is Cc1ccc(C(=O)NCC(=O)Nc2cc(N3CCCS3(=O)=O)ccc2O)cc1C. The number of benzene rings is 2. The molecule has 0 bridgehead atoms. The van der Waals surface area contributed by atoms with Crippen LogP contribution < -0.4 is 14.9 Å². The summed E-state index contributed by atoms with van der Waals surface area (Å²) in [7, 11) is -3.37. The number of phenolic OH excluding ortho intramolecular Hbond substituents is 1. The van der Waals surface area contributed by atoms with Gasteiger partial charge in [0, 0.05) is 12.1 Å². The first-order valence-electron chi connectivity index (χ1n) is 9.16. The van der Waals surface area contributed by atoms with Crippen molar-refractivity contribution in [2.45, 2.75) is 20.3 Å². The van der Waals surface area contributed by atoms with Gasteiger partial charge in [0.2, 0.25) is 15.9 Å². The second kappa shape index (κ2) is 8.12. The van der Waals surface area contributed by atoms with Crippen molar-refractivity contribution < 1.29 is 23.1 Å². The lowest BCUT2D eigenvalue weighted by atomic mass is 10.1. The summed E-state index contributed by atoms with van der Waals surface area (Å²) in [6.45, 7) is 3.90. The van der Waals surface area contributed by atoms with Crippen LogP contribution in [0.5, 0.6) is 5.75 Å². The standard InChI is InChI=1S/C20H23N3O5S/c1-13-4-5-15(10-14(13)2)20(26)21-12-19(25)22-17-11-16(6-7-18(17)24)23-8-3-9-29(23,27)28/h4-7,10-11,24H,3,8-9,12H2,1-2H3,(H,21,26)(H,22,25). The number of hydrogen-bond donors (Lipinski definition) is 3. The summed E-state index contributed by atoms with van der Waals surface area (Å²) in [6, 6.07) is 9.47. The van der Waals surface area contributed by atoms with Gasteiger partial charge in [0.05, 0.1) is 23.7 Å². The molecular formula is C20H23N3O5S. The van der Waals surface area contributed by atoms with E-state index in [9.17, 15) is 23.1 Å². The molecule has 0 spiro atoms. The van der Waals surface area contributed by atoms with Crippen LogP contribution in [0.3, 0.4) is 0 Å². The Bertz CT molecular complexity index is 1070. The van der Waals surface area contributed by atoms with Crippen molar-refractivity contribution in [1.29, 1.82) is 0 Å². The number of sulfonamides is 1. The van der Waals surface area contributed by atoms with Gasteiger partial charge in [-0.2, -0.15) is 0 Å². The van der Waals surface area contributed by atoms with Crippen LogP contribution in [0, 0.1) is 13.8 Å². The van der Waals surface area contributed by atoms with Crippen LogP contribution in [0.2, 0.25) is 0 Å². The van der Waals surface area contributed by atoms with Crippen molar-refractivity contribution in [3.63, 3.8) is 0 Å². The maximum atomic E-state index is 12.2. The molecule has 0 aliphatic carbocycles. The van der Waals surface area contributed by atoms with Gasteiger partial charge in [-0.05, 0) is 61.7 Å². The molecule has 1 heterocycles. The molecule has 8 nitrogen and oxygen atoms in total. The molecule has 0 aromatic heterocycles. The minimum Gasteiger partial charge on any atom is -0.506 e. The second-order valence-corrected chi connectivity index (χ2v) is 8.99. The Labute approximate surface area is 169 Å². The topological polar surface area (TPSA) is 116 Å². The Balaban J connectivity index is 1.65. The molecule has 1 fully saturated rings. The maximum Gasteiger partial charge on any atom is 0.251 e. The molecule has 0 unspecified atom stereocenters. The van der Waals surface area contributed by atoms with Crippen molar-refractivity contribution in [3.05, 3.63) is 53.1 Å². The minimum atomic E-state index is -3.37. The van der Waals surface area contributed by atoms with Gasteiger partial charge >= 0.3 is 0 Å². The molecule has 0 radical (unpaired) electrons. The molecular weight excluding hydrogens is 394 g/mol. The fourth-order valence-corrected chi connectivity index (χ4v) is 4.60. The van der Waals surface area contributed by atoms with Crippen molar-refractivity contribution in [3.8, 4) is 5.75 Å². The number of nitrogens with one attached hydrogen (secondary N) is 2. The number of amides is 2. The third kappa shape index (κ3) is 4.68. The first-order chi connectivity index (χ1) is 13.7. The van der Waals surface area contributed by atoms with E-state index in [4.69, 9.17) is 0 Å². The molecule has 0 atom stereocenters. The van der Waals surface area contributed by atoms with Crippen molar-refractivity contribution in [2.24, 2.45) is 0 Å². The molecule has 2 amide bonds. The zero-order chi connectivity index (χ0) is 21.2. The van der Waals surface area contributed by atoms with Gasteiger partial charge in [-0.15, -0.1) is 0 Å². The van der Waals surface area contributed by atoms with E-state index in [1.54, 1.807) is 12.1 Å². The van der Waals surface area contributed by atoms with Gasteiger partial charge in [0.1, 0.15) is 5.75 Å². The third-order valence-corrected chi connectivity index (χ3v) is 6.69. The number of carbonyl (C=O) groups excluding carboxylic acids is 2. The average molecular weight is 417 g/mol. The lowest BCUT2D eigenvalue weighted by Crippen LogP contribution is -2.33. The summed E-state index contributed by atoms with van der Waals surface area (Å²) in [6.07, 6.45) is 0.523. The van der Waals surface area contributed by atoms with E-state index in [2.05, 4.69) is 10.6 Å². The van der Waals surface area contributed by atoms with E-state index in [-0.39, 0.29) is 29.6 Å². The monoisotopic (exact) mass is 417 g/mol. The van der Waals surface area contributed by atoms with Crippen LogP contribution in [0.4, 0.5) is 11.4 Å². The molecule has 3 N–H and O–H groups in total. The van der Waals surface area contributed by atoms with Crippen LogP contribution in [-0.4, -0.2) is 44.2 Å². The lowest BCUT2D eigenvalue weighted by Gasteiger charge is -2.18. The Morgan fingerprint density at radius 3 is 2.52 bits per heavy atom. The molecule has 1 aliphatic heterocycles. The Hall–Kier alpha value is -3.07. The van der Waals surface area contributed by atoms with Gasteiger partial charge in [0.25, 0.3) is 5.91 Å². The van der Waals surface area contributed by atoms with Gasteiger partial charge in [-0.1, -0.05) is 6.07 Å². The molecule has 29 heavy (non-hydrogen) atoms. The zero-order valence-electron chi connectivity index (χ0n) is 16.2. The van der Waals surface area contributed by atoms with Crippen LogP contribution >= 0.6 is 0 Å². The quantitative estimate of drug-likeness (QED) is 0.643. The molecule has 9 heteroatoms. The number of carbonyl (C=O) groups is 2. The molecule has 1 saturated heterocycles. The first-order valence-corrected chi connectivity index (χ1v) is 10.8. The Kier molecular flexibility index (Phi) is 5.78. The fourth-order valence-electron chi connectivity index (χ4n) is 3.05. The third-order valence-electron chi connectivity index (χ3n) is 4.82. The highest BCUT2D eigenvalue weighted by Crippen LogP contribution is 2.31. The molecule has 0 saturated carbocycles. The van der Waals surface area contributed by atoms with Crippen LogP contribution in [-0.2, 0) is 14.8 Å². The summed E-state index contributed by atoms with van der Waals surface area (Å²) < 4.78 is 25.4. The second-order valence-electron chi connectivity index (χ2n) is 6.97.